The Kier molecular flexibility index (Phi) is 6.74. The maximum absolute atomic E-state index is 12.3. The summed E-state index contributed by atoms with van der Waals surface area (Å²) in [5, 5.41) is 11.2. The number of nitro benzene ring substituents is 1. The van der Waals surface area contributed by atoms with Gasteiger partial charge in [0.25, 0.3) is 5.69 Å². The minimum absolute atomic E-state index is 0.0161. The topological polar surface area (TPSA) is 100 Å². The average Bonchev–Trinajstić information content (AvgIpc) is 3.07. The third-order valence-corrected chi connectivity index (χ3v) is 5.09. The van der Waals surface area contributed by atoms with E-state index in [-0.39, 0.29) is 17.3 Å². The molecule has 0 aliphatic carbocycles. The Morgan fingerprint density at radius 3 is 2.74 bits per heavy atom. The lowest BCUT2D eigenvalue weighted by Gasteiger charge is -2.13. The highest BCUT2D eigenvalue weighted by atomic mass is 127. The fourth-order valence-corrected chi connectivity index (χ4v) is 3.57. The second kappa shape index (κ2) is 9.29. The zero-order valence-corrected chi connectivity index (χ0v) is 19.3. The first-order valence-corrected chi connectivity index (χ1v) is 10.2. The van der Waals surface area contributed by atoms with Crippen LogP contribution in [0.2, 0.25) is 0 Å². The van der Waals surface area contributed by atoms with Gasteiger partial charge in [-0.25, -0.2) is 9.79 Å². The van der Waals surface area contributed by atoms with Crippen LogP contribution in [-0.4, -0.2) is 30.5 Å². The number of esters is 1. The van der Waals surface area contributed by atoms with Crippen LogP contribution in [0, 0.1) is 20.6 Å². The van der Waals surface area contributed by atoms with Gasteiger partial charge < -0.3 is 14.2 Å². The number of ether oxygens (including phenoxy) is 3. The first-order valence-electron chi connectivity index (χ1n) is 9.12. The first-order chi connectivity index (χ1) is 14.7. The zero-order valence-electron chi connectivity index (χ0n) is 17.1. The molecule has 1 heterocycles. The number of nitro groups is 1. The van der Waals surface area contributed by atoms with Gasteiger partial charge in [0.15, 0.2) is 17.2 Å². The summed E-state index contributed by atoms with van der Waals surface area (Å²) in [6.07, 6.45) is 1.56. The molecule has 0 fully saturated rings. The molecule has 1 aliphatic rings. The van der Waals surface area contributed by atoms with Crippen molar-refractivity contribution in [2.24, 2.45) is 4.99 Å². The van der Waals surface area contributed by atoms with Crippen LogP contribution >= 0.6 is 22.6 Å². The van der Waals surface area contributed by atoms with E-state index in [1.807, 2.05) is 13.0 Å². The van der Waals surface area contributed by atoms with Crippen molar-refractivity contribution in [3.63, 3.8) is 0 Å². The number of carbonyl (C=O) groups is 1. The van der Waals surface area contributed by atoms with Crippen LogP contribution in [0.15, 0.2) is 53.2 Å². The van der Waals surface area contributed by atoms with E-state index in [0.29, 0.717) is 34.8 Å². The fourth-order valence-electron chi connectivity index (χ4n) is 2.79. The van der Waals surface area contributed by atoms with E-state index < -0.39 is 10.9 Å². The zero-order chi connectivity index (χ0) is 22.7. The molecule has 0 N–H and O–H groups in total. The van der Waals surface area contributed by atoms with Crippen molar-refractivity contribution < 1.29 is 23.9 Å². The molecule has 31 heavy (non-hydrogen) atoms. The number of rotatable bonds is 7. The molecule has 0 radical (unpaired) electrons. The molecule has 160 valence electrons. The SMILES string of the molecule is C=C(C)COc1c(I)cc(/C=C2\N=C(c3ccc(C)c([N+](=O)[O-])c3)OC2=O)cc1OC. The smallest absolute Gasteiger partial charge is 0.363 e. The Morgan fingerprint density at radius 2 is 2.10 bits per heavy atom. The monoisotopic (exact) mass is 534 g/mol. The Balaban J connectivity index is 1.95. The first kappa shape index (κ1) is 22.5. The highest BCUT2D eigenvalue weighted by Crippen LogP contribution is 2.35. The van der Waals surface area contributed by atoms with Gasteiger partial charge in [-0.05, 0) is 71.9 Å². The van der Waals surface area contributed by atoms with E-state index in [1.165, 1.54) is 13.2 Å². The van der Waals surface area contributed by atoms with E-state index >= 15 is 0 Å². The largest absolute Gasteiger partial charge is 0.493 e. The third-order valence-electron chi connectivity index (χ3n) is 4.29. The van der Waals surface area contributed by atoms with Crippen molar-refractivity contribution in [1.82, 2.24) is 0 Å². The number of aryl methyl sites for hydroxylation is 1. The highest BCUT2D eigenvalue weighted by Gasteiger charge is 2.26. The second-order valence-corrected chi connectivity index (χ2v) is 8.04. The molecule has 2 aromatic carbocycles. The van der Waals surface area contributed by atoms with Crippen LogP contribution < -0.4 is 9.47 Å². The molecule has 0 aromatic heterocycles. The van der Waals surface area contributed by atoms with Gasteiger partial charge in [-0.2, -0.15) is 0 Å². The maximum Gasteiger partial charge on any atom is 0.363 e. The second-order valence-electron chi connectivity index (χ2n) is 6.87. The number of carbonyl (C=O) groups excluding carboxylic acids is 1. The van der Waals surface area contributed by atoms with Gasteiger partial charge in [0, 0.05) is 17.2 Å². The van der Waals surface area contributed by atoms with E-state index in [1.54, 1.807) is 31.2 Å². The Labute approximate surface area is 192 Å². The predicted molar refractivity (Wildman–Crippen MR) is 124 cm³/mol. The Bertz CT molecular complexity index is 1150. The summed E-state index contributed by atoms with van der Waals surface area (Å²) in [4.78, 5) is 27.2. The van der Waals surface area contributed by atoms with Crippen LogP contribution in [0.25, 0.3) is 6.08 Å². The van der Waals surface area contributed by atoms with Crippen molar-refractivity contribution in [1.29, 1.82) is 0 Å². The fraction of sp³-hybridized carbons (Fsp3) is 0.182. The number of methoxy groups -OCH3 is 1. The lowest BCUT2D eigenvalue weighted by molar-refractivity contribution is -0.385. The van der Waals surface area contributed by atoms with Crippen LogP contribution in [0.3, 0.4) is 0 Å². The Hall–Kier alpha value is -3.21. The van der Waals surface area contributed by atoms with E-state index in [4.69, 9.17) is 14.2 Å². The van der Waals surface area contributed by atoms with Crippen LogP contribution in [-0.2, 0) is 9.53 Å². The maximum atomic E-state index is 12.3. The van der Waals surface area contributed by atoms with Crippen molar-refractivity contribution in [3.05, 3.63) is 78.6 Å². The lowest BCUT2D eigenvalue weighted by Crippen LogP contribution is -2.06. The summed E-state index contributed by atoms with van der Waals surface area (Å²) in [6.45, 7) is 7.67. The molecule has 0 bridgehead atoms. The molecule has 0 spiro atoms. The molecule has 8 nitrogen and oxygen atoms in total. The number of aliphatic imine (C=N–C) groups is 1. The quantitative estimate of drug-likeness (QED) is 0.126. The van der Waals surface area contributed by atoms with Crippen molar-refractivity contribution >= 4 is 46.2 Å². The van der Waals surface area contributed by atoms with Crippen molar-refractivity contribution in [3.8, 4) is 11.5 Å². The van der Waals surface area contributed by atoms with Gasteiger partial charge in [0.2, 0.25) is 5.90 Å². The van der Waals surface area contributed by atoms with Gasteiger partial charge in [-0.1, -0.05) is 12.6 Å². The standard InChI is InChI=1S/C22H19IN2O6/c1-12(2)11-30-20-16(23)7-14(9-19(20)29-4)8-17-22(26)31-21(24-17)15-6-5-13(3)18(10-15)25(27)28/h5-10H,1,11H2,2-4H3/b17-8-. The number of hydrogen-bond donors (Lipinski definition) is 0. The lowest BCUT2D eigenvalue weighted by atomic mass is 10.1. The number of hydrogen-bond acceptors (Lipinski definition) is 7. The van der Waals surface area contributed by atoms with E-state index in [2.05, 4.69) is 34.2 Å². The molecular weight excluding hydrogens is 515 g/mol. The average molecular weight is 534 g/mol. The summed E-state index contributed by atoms with van der Waals surface area (Å²) < 4.78 is 17.2. The van der Waals surface area contributed by atoms with Gasteiger partial charge in [-0.15, -0.1) is 0 Å². The summed E-state index contributed by atoms with van der Waals surface area (Å²) >= 11 is 2.12. The van der Waals surface area contributed by atoms with Gasteiger partial charge in [0.1, 0.15) is 6.61 Å². The summed E-state index contributed by atoms with van der Waals surface area (Å²) in [5.74, 6) is 0.459. The van der Waals surface area contributed by atoms with E-state index in [9.17, 15) is 14.9 Å². The van der Waals surface area contributed by atoms with E-state index in [0.717, 1.165) is 9.14 Å². The highest BCUT2D eigenvalue weighted by molar-refractivity contribution is 14.1. The number of benzene rings is 2. The minimum Gasteiger partial charge on any atom is -0.493 e. The summed E-state index contributed by atoms with van der Waals surface area (Å²) in [7, 11) is 1.53. The molecule has 1 aliphatic heterocycles. The molecule has 0 unspecified atom stereocenters. The molecule has 2 aromatic rings. The Morgan fingerprint density at radius 1 is 1.35 bits per heavy atom. The molecule has 0 amide bonds. The summed E-state index contributed by atoms with van der Waals surface area (Å²) in [5.41, 5.74) is 2.39. The molecule has 0 saturated carbocycles. The number of halogens is 1. The van der Waals surface area contributed by atoms with Crippen LogP contribution in [0.5, 0.6) is 11.5 Å². The van der Waals surface area contributed by atoms with Gasteiger partial charge in [0.05, 0.1) is 15.6 Å². The molecule has 9 heteroatoms. The van der Waals surface area contributed by atoms with Gasteiger partial charge in [-0.3, -0.25) is 10.1 Å². The predicted octanol–water partition coefficient (Wildman–Crippen LogP) is 4.82. The molecule has 3 rings (SSSR count). The molecular formula is C22H19IN2O6. The third kappa shape index (κ3) is 5.10. The van der Waals surface area contributed by atoms with Crippen molar-refractivity contribution in [2.45, 2.75) is 13.8 Å². The van der Waals surface area contributed by atoms with Crippen molar-refractivity contribution in [2.75, 3.05) is 13.7 Å². The van der Waals surface area contributed by atoms with Crippen LogP contribution in [0.4, 0.5) is 5.69 Å². The normalized spacial score (nSPS) is 14.3. The van der Waals surface area contributed by atoms with Crippen LogP contribution in [0.1, 0.15) is 23.6 Å². The van der Waals surface area contributed by atoms with Gasteiger partial charge >= 0.3 is 5.97 Å². The summed E-state index contributed by atoms with van der Waals surface area (Å²) in [6, 6.07) is 8.09. The number of cyclic esters (lactones) is 1. The minimum atomic E-state index is -0.644. The number of nitrogens with zero attached hydrogens (tertiary/aromatic N) is 2. The molecule has 0 atom stereocenters. The molecule has 0 saturated heterocycles.